The number of carbonyl (C=O) groups is 1. The zero-order valence-corrected chi connectivity index (χ0v) is 11.8. The quantitative estimate of drug-likeness (QED) is 0.677. The minimum atomic E-state index is 0.0923. The molecule has 1 N–H and O–H groups in total. The Labute approximate surface area is 101 Å². The molecule has 0 radical (unpaired) electrons. The van der Waals surface area contributed by atoms with Gasteiger partial charge in [0.1, 0.15) is 5.78 Å². The van der Waals surface area contributed by atoms with Gasteiger partial charge in [0.15, 0.2) is 0 Å². The monoisotopic (exact) mass is 228 g/mol. The van der Waals surface area contributed by atoms with Crippen molar-refractivity contribution in [2.75, 3.05) is 20.6 Å². The third kappa shape index (κ3) is 7.83. The number of nitrogens with zero attached hydrogens (tertiary/aromatic N) is 1. The van der Waals surface area contributed by atoms with E-state index in [1.807, 2.05) is 19.0 Å². The summed E-state index contributed by atoms with van der Waals surface area (Å²) in [7, 11) is 3.94. The van der Waals surface area contributed by atoms with Crippen molar-refractivity contribution in [2.24, 2.45) is 0 Å². The van der Waals surface area contributed by atoms with E-state index < -0.39 is 0 Å². The standard InChI is InChI=1S/C13H28N2O/c1-11(16)12(15(5)6)9-7-8-10-14-13(2,3)4/h12,14H,7-10H2,1-6H3. The third-order valence-corrected chi connectivity index (χ3v) is 2.65. The second kappa shape index (κ2) is 7.02. The number of carbonyl (C=O) groups excluding carboxylic acids is 1. The van der Waals surface area contributed by atoms with Gasteiger partial charge in [0.25, 0.3) is 0 Å². The van der Waals surface area contributed by atoms with Crippen molar-refractivity contribution in [2.45, 2.75) is 58.5 Å². The minimum Gasteiger partial charge on any atom is -0.312 e. The van der Waals surface area contributed by atoms with E-state index in [9.17, 15) is 4.79 Å². The Morgan fingerprint density at radius 3 is 2.19 bits per heavy atom. The van der Waals surface area contributed by atoms with E-state index in [0.29, 0.717) is 0 Å². The summed E-state index contributed by atoms with van der Waals surface area (Å²) in [6.45, 7) is 9.22. The van der Waals surface area contributed by atoms with Crippen molar-refractivity contribution in [1.29, 1.82) is 0 Å². The van der Waals surface area contributed by atoms with Crippen molar-refractivity contribution < 1.29 is 4.79 Å². The maximum absolute atomic E-state index is 11.4. The molecule has 3 heteroatoms. The summed E-state index contributed by atoms with van der Waals surface area (Å²) in [6.07, 6.45) is 3.20. The fourth-order valence-electron chi connectivity index (χ4n) is 1.75. The summed E-state index contributed by atoms with van der Waals surface area (Å²) >= 11 is 0. The predicted molar refractivity (Wildman–Crippen MR) is 69.8 cm³/mol. The largest absolute Gasteiger partial charge is 0.312 e. The molecule has 0 aliphatic rings. The van der Waals surface area contributed by atoms with E-state index in [4.69, 9.17) is 0 Å². The summed E-state index contributed by atoms with van der Waals surface area (Å²) in [5.74, 6) is 0.272. The molecule has 0 aromatic carbocycles. The minimum absolute atomic E-state index is 0.0923. The van der Waals surface area contributed by atoms with Crippen LogP contribution >= 0.6 is 0 Å². The molecule has 0 heterocycles. The Hall–Kier alpha value is -0.410. The number of Topliss-reactive ketones (excluding diaryl/α,β-unsaturated/α-hetero) is 1. The van der Waals surface area contributed by atoms with Gasteiger partial charge < -0.3 is 5.32 Å². The topological polar surface area (TPSA) is 32.3 Å². The van der Waals surface area contributed by atoms with Gasteiger partial charge in [-0.3, -0.25) is 9.69 Å². The number of unbranched alkanes of at least 4 members (excludes halogenated alkanes) is 1. The van der Waals surface area contributed by atoms with Crippen LogP contribution in [0.2, 0.25) is 0 Å². The zero-order chi connectivity index (χ0) is 12.8. The van der Waals surface area contributed by atoms with Crippen LogP contribution < -0.4 is 5.32 Å². The number of ketones is 1. The lowest BCUT2D eigenvalue weighted by molar-refractivity contribution is -0.121. The first-order valence-corrected chi connectivity index (χ1v) is 6.16. The van der Waals surface area contributed by atoms with Crippen LogP contribution in [-0.4, -0.2) is 42.9 Å². The predicted octanol–water partition coefficient (Wildman–Crippen LogP) is 2.06. The van der Waals surface area contributed by atoms with E-state index in [-0.39, 0.29) is 17.4 Å². The van der Waals surface area contributed by atoms with Gasteiger partial charge in [-0.05, 0) is 61.2 Å². The Balaban J connectivity index is 3.68. The zero-order valence-electron chi connectivity index (χ0n) is 11.8. The van der Waals surface area contributed by atoms with E-state index in [2.05, 4.69) is 26.1 Å². The molecule has 0 aromatic rings. The second-order valence-corrected chi connectivity index (χ2v) is 5.76. The molecule has 3 nitrogen and oxygen atoms in total. The SMILES string of the molecule is CC(=O)C(CCCCNC(C)(C)C)N(C)C. The first-order chi connectivity index (χ1) is 7.24. The fourth-order valence-corrected chi connectivity index (χ4v) is 1.75. The van der Waals surface area contributed by atoms with Gasteiger partial charge in [0.05, 0.1) is 6.04 Å². The van der Waals surface area contributed by atoms with Gasteiger partial charge >= 0.3 is 0 Å². The lowest BCUT2D eigenvalue weighted by atomic mass is 10.0. The summed E-state index contributed by atoms with van der Waals surface area (Å²) < 4.78 is 0. The molecule has 0 fully saturated rings. The molecule has 0 spiro atoms. The average Bonchev–Trinajstić information content (AvgIpc) is 2.07. The normalized spacial score (nSPS) is 14.2. The summed E-state index contributed by atoms with van der Waals surface area (Å²) in [4.78, 5) is 13.4. The highest BCUT2D eigenvalue weighted by molar-refractivity contribution is 5.81. The number of hydrogen-bond acceptors (Lipinski definition) is 3. The molecule has 0 saturated carbocycles. The second-order valence-electron chi connectivity index (χ2n) is 5.76. The van der Waals surface area contributed by atoms with Crippen LogP contribution in [0.25, 0.3) is 0 Å². The lowest BCUT2D eigenvalue weighted by Gasteiger charge is -2.23. The molecule has 0 aliphatic heterocycles. The Morgan fingerprint density at radius 2 is 1.81 bits per heavy atom. The molecule has 1 atom stereocenters. The Kier molecular flexibility index (Phi) is 6.84. The van der Waals surface area contributed by atoms with E-state index in [1.165, 1.54) is 0 Å². The smallest absolute Gasteiger partial charge is 0.146 e. The van der Waals surface area contributed by atoms with E-state index >= 15 is 0 Å². The van der Waals surface area contributed by atoms with Gasteiger partial charge in [0, 0.05) is 5.54 Å². The van der Waals surface area contributed by atoms with Crippen molar-refractivity contribution in [3.8, 4) is 0 Å². The number of likely N-dealkylation sites (N-methyl/N-ethyl adjacent to an activating group) is 1. The van der Waals surface area contributed by atoms with Crippen LogP contribution in [0, 0.1) is 0 Å². The maximum Gasteiger partial charge on any atom is 0.146 e. The van der Waals surface area contributed by atoms with Crippen molar-refractivity contribution in [3.05, 3.63) is 0 Å². The maximum atomic E-state index is 11.4. The van der Waals surface area contributed by atoms with Gasteiger partial charge in [-0.1, -0.05) is 6.42 Å². The number of nitrogens with one attached hydrogen (secondary N) is 1. The molecule has 0 amide bonds. The van der Waals surface area contributed by atoms with E-state index in [1.54, 1.807) is 6.92 Å². The van der Waals surface area contributed by atoms with Crippen LogP contribution in [0.1, 0.15) is 47.0 Å². The molecule has 96 valence electrons. The molecule has 16 heavy (non-hydrogen) atoms. The molecule has 1 unspecified atom stereocenters. The van der Waals surface area contributed by atoms with Gasteiger partial charge in [-0.15, -0.1) is 0 Å². The van der Waals surface area contributed by atoms with Crippen molar-refractivity contribution >= 4 is 5.78 Å². The molecular formula is C13H28N2O. The highest BCUT2D eigenvalue weighted by atomic mass is 16.1. The summed E-state index contributed by atoms with van der Waals surface area (Å²) in [5, 5.41) is 3.46. The Morgan fingerprint density at radius 1 is 1.25 bits per heavy atom. The van der Waals surface area contributed by atoms with Crippen molar-refractivity contribution in [1.82, 2.24) is 10.2 Å². The first-order valence-electron chi connectivity index (χ1n) is 6.16. The molecular weight excluding hydrogens is 200 g/mol. The fraction of sp³-hybridized carbons (Fsp3) is 0.923. The van der Waals surface area contributed by atoms with Crippen LogP contribution in [0.5, 0.6) is 0 Å². The summed E-state index contributed by atoms with van der Waals surface area (Å²) in [5.41, 5.74) is 0.196. The number of hydrogen-bond donors (Lipinski definition) is 1. The molecule has 0 aromatic heterocycles. The van der Waals surface area contributed by atoms with Crippen LogP contribution in [-0.2, 0) is 4.79 Å². The lowest BCUT2D eigenvalue weighted by Crippen LogP contribution is -2.37. The van der Waals surface area contributed by atoms with Crippen LogP contribution in [0.15, 0.2) is 0 Å². The molecule has 0 rings (SSSR count). The highest BCUT2D eigenvalue weighted by Gasteiger charge is 2.15. The average molecular weight is 228 g/mol. The Bertz CT molecular complexity index is 206. The first kappa shape index (κ1) is 15.6. The van der Waals surface area contributed by atoms with Crippen molar-refractivity contribution in [3.63, 3.8) is 0 Å². The van der Waals surface area contributed by atoms with Gasteiger partial charge in [-0.25, -0.2) is 0 Å². The molecule has 0 aliphatic carbocycles. The van der Waals surface area contributed by atoms with Crippen LogP contribution in [0.3, 0.4) is 0 Å². The van der Waals surface area contributed by atoms with Gasteiger partial charge in [-0.2, -0.15) is 0 Å². The highest BCUT2D eigenvalue weighted by Crippen LogP contribution is 2.07. The summed E-state index contributed by atoms with van der Waals surface area (Å²) in [6, 6.07) is 0.0923. The molecule has 0 bridgehead atoms. The van der Waals surface area contributed by atoms with Crippen LogP contribution in [0.4, 0.5) is 0 Å². The number of rotatable bonds is 7. The molecule has 0 saturated heterocycles. The third-order valence-electron chi connectivity index (χ3n) is 2.65. The van der Waals surface area contributed by atoms with Gasteiger partial charge in [0.2, 0.25) is 0 Å². The van der Waals surface area contributed by atoms with E-state index in [0.717, 1.165) is 25.8 Å².